The number of ether oxygens (including phenoxy) is 2. The van der Waals surface area contributed by atoms with Crippen LogP contribution in [-0.2, 0) is 0 Å². The van der Waals surface area contributed by atoms with Crippen molar-refractivity contribution in [2.75, 3.05) is 6.61 Å². The quantitative estimate of drug-likeness (QED) is 0.811. The molecule has 0 bridgehead atoms. The fourth-order valence-corrected chi connectivity index (χ4v) is 1.50. The van der Waals surface area contributed by atoms with Crippen LogP contribution in [0.25, 0.3) is 0 Å². The van der Waals surface area contributed by atoms with Crippen LogP contribution < -0.4 is 9.47 Å². The van der Waals surface area contributed by atoms with Crippen molar-refractivity contribution >= 4 is 23.2 Å². The molecule has 0 amide bonds. The van der Waals surface area contributed by atoms with E-state index in [2.05, 4.69) is 4.74 Å². The zero-order chi connectivity index (χ0) is 11.4. The lowest BCUT2D eigenvalue weighted by Crippen LogP contribution is -2.03. The van der Waals surface area contributed by atoms with Crippen LogP contribution in [0.4, 0.5) is 8.78 Å². The van der Waals surface area contributed by atoms with Gasteiger partial charge in [-0.2, -0.15) is 8.78 Å². The van der Waals surface area contributed by atoms with Crippen molar-refractivity contribution in [3.05, 3.63) is 22.2 Å². The van der Waals surface area contributed by atoms with Crippen LogP contribution in [0.2, 0.25) is 10.0 Å². The molecule has 15 heavy (non-hydrogen) atoms. The van der Waals surface area contributed by atoms with Crippen molar-refractivity contribution in [3.8, 4) is 11.5 Å². The van der Waals surface area contributed by atoms with Gasteiger partial charge in [0.15, 0.2) is 5.75 Å². The summed E-state index contributed by atoms with van der Waals surface area (Å²) in [5.74, 6) is -0.00139. The summed E-state index contributed by atoms with van der Waals surface area (Å²) >= 11 is 11.5. The van der Waals surface area contributed by atoms with Crippen LogP contribution in [0, 0.1) is 0 Å². The molecule has 0 fully saturated rings. The van der Waals surface area contributed by atoms with E-state index in [-0.39, 0.29) is 21.5 Å². The highest BCUT2D eigenvalue weighted by Gasteiger charge is 2.15. The third-order valence-corrected chi connectivity index (χ3v) is 2.17. The van der Waals surface area contributed by atoms with Gasteiger partial charge in [0, 0.05) is 0 Å². The van der Waals surface area contributed by atoms with E-state index in [9.17, 15) is 8.78 Å². The average Bonchev–Trinajstić information content (AvgIpc) is 2.16. The highest BCUT2D eigenvalue weighted by Crippen LogP contribution is 2.40. The summed E-state index contributed by atoms with van der Waals surface area (Å²) < 4.78 is 33.2. The van der Waals surface area contributed by atoms with Gasteiger partial charge >= 0.3 is 6.61 Å². The summed E-state index contributed by atoms with van der Waals surface area (Å²) in [7, 11) is 0. The highest BCUT2D eigenvalue weighted by molar-refractivity contribution is 6.38. The number of benzene rings is 1. The Balaban J connectivity index is 3.04. The molecule has 0 spiro atoms. The molecule has 0 N–H and O–H groups in total. The van der Waals surface area contributed by atoms with E-state index in [0.29, 0.717) is 6.61 Å². The first kappa shape index (κ1) is 12.3. The lowest BCUT2D eigenvalue weighted by Gasteiger charge is -2.12. The molecule has 0 aliphatic rings. The minimum atomic E-state index is -2.93. The lowest BCUT2D eigenvalue weighted by atomic mass is 10.3. The van der Waals surface area contributed by atoms with Crippen molar-refractivity contribution in [3.63, 3.8) is 0 Å². The normalized spacial score (nSPS) is 10.5. The lowest BCUT2D eigenvalue weighted by molar-refractivity contribution is -0.0498. The molecule has 0 saturated heterocycles. The zero-order valence-electron chi connectivity index (χ0n) is 7.77. The maximum absolute atomic E-state index is 12.0. The van der Waals surface area contributed by atoms with Crippen LogP contribution in [-0.4, -0.2) is 13.2 Å². The van der Waals surface area contributed by atoms with Crippen molar-refractivity contribution < 1.29 is 18.3 Å². The molecular weight excluding hydrogens is 249 g/mol. The van der Waals surface area contributed by atoms with Crippen molar-refractivity contribution in [2.24, 2.45) is 0 Å². The molecule has 84 valence electrons. The Kier molecular flexibility index (Phi) is 4.42. The maximum Gasteiger partial charge on any atom is 0.387 e. The molecule has 0 aliphatic carbocycles. The van der Waals surface area contributed by atoms with E-state index < -0.39 is 6.61 Å². The van der Waals surface area contributed by atoms with Crippen molar-refractivity contribution in [1.82, 2.24) is 0 Å². The Hall–Kier alpha value is -0.740. The third kappa shape index (κ3) is 3.11. The first-order chi connectivity index (χ1) is 7.06. The van der Waals surface area contributed by atoms with Gasteiger partial charge in [-0.15, -0.1) is 0 Å². The summed E-state index contributed by atoms with van der Waals surface area (Å²) in [6.07, 6.45) is 0. The summed E-state index contributed by atoms with van der Waals surface area (Å²) in [6.45, 7) is -0.872. The van der Waals surface area contributed by atoms with Crippen molar-refractivity contribution in [2.45, 2.75) is 13.5 Å². The standard InChI is InChI=1S/C9H8Cl2F2O2/c1-2-14-8-5(10)3-4-6(7(8)11)15-9(12)13/h3-4,9H,2H2,1H3. The van der Waals surface area contributed by atoms with Gasteiger partial charge in [0.2, 0.25) is 0 Å². The predicted octanol–water partition coefficient (Wildman–Crippen LogP) is 3.99. The highest BCUT2D eigenvalue weighted by atomic mass is 35.5. The fraction of sp³-hybridized carbons (Fsp3) is 0.333. The Bertz CT molecular complexity index is 345. The summed E-state index contributed by atoms with van der Waals surface area (Å²) in [6, 6.07) is 2.65. The van der Waals surface area contributed by atoms with Gasteiger partial charge in [-0.1, -0.05) is 23.2 Å². The average molecular weight is 257 g/mol. The number of hydrogen-bond donors (Lipinski definition) is 0. The zero-order valence-corrected chi connectivity index (χ0v) is 9.28. The summed E-state index contributed by atoms with van der Waals surface area (Å²) in [4.78, 5) is 0. The van der Waals surface area contributed by atoms with E-state index in [4.69, 9.17) is 27.9 Å². The monoisotopic (exact) mass is 256 g/mol. The first-order valence-electron chi connectivity index (χ1n) is 4.11. The predicted molar refractivity (Wildman–Crippen MR) is 54.3 cm³/mol. The summed E-state index contributed by atoms with van der Waals surface area (Å²) in [5.41, 5.74) is 0. The second kappa shape index (κ2) is 5.37. The molecule has 0 aliphatic heterocycles. The molecule has 1 aromatic carbocycles. The molecule has 1 rings (SSSR count). The topological polar surface area (TPSA) is 18.5 Å². The molecule has 2 nitrogen and oxygen atoms in total. The Morgan fingerprint density at radius 1 is 1.33 bits per heavy atom. The largest absolute Gasteiger partial charge is 0.491 e. The number of alkyl halides is 2. The third-order valence-electron chi connectivity index (χ3n) is 1.52. The minimum Gasteiger partial charge on any atom is -0.491 e. The van der Waals surface area contributed by atoms with Gasteiger partial charge < -0.3 is 9.47 Å². The van der Waals surface area contributed by atoms with Crippen LogP contribution >= 0.6 is 23.2 Å². The Morgan fingerprint density at radius 3 is 2.53 bits per heavy atom. The van der Waals surface area contributed by atoms with Crippen molar-refractivity contribution in [1.29, 1.82) is 0 Å². The molecule has 6 heteroatoms. The van der Waals surface area contributed by atoms with Gasteiger partial charge in [-0.3, -0.25) is 0 Å². The number of hydrogen-bond acceptors (Lipinski definition) is 2. The molecule has 0 heterocycles. The van der Waals surface area contributed by atoms with Gasteiger partial charge in [-0.05, 0) is 19.1 Å². The molecular formula is C9H8Cl2F2O2. The van der Waals surface area contributed by atoms with Crippen LogP contribution in [0.3, 0.4) is 0 Å². The molecule has 0 radical (unpaired) electrons. The van der Waals surface area contributed by atoms with E-state index in [0.717, 1.165) is 0 Å². The SMILES string of the molecule is CCOc1c(Cl)ccc(OC(F)F)c1Cl. The smallest absolute Gasteiger partial charge is 0.387 e. The van der Waals surface area contributed by atoms with Gasteiger partial charge in [0.25, 0.3) is 0 Å². The van der Waals surface area contributed by atoms with E-state index in [1.807, 2.05) is 0 Å². The summed E-state index contributed by atoms with van der Waals surface area (Å²) in [5, 5.41) is 0.202. The van der Waals surface area contributed by atoms with Crippen LogP contribution in [0.1, 0.15) is 6.92 Å². The number of halogens is 4. The molecule has 0 saturated carbocycles. The van der Waals surface area contributed by atoms with Crippen LogP contribution in [0.15, 0.2) is 12.1 Å². The minimum absolute atomic E-state index is 0.0512. The first-order valence-corrected chi connectivity index (χ1v) is 4.87. The number of rotatable bonds is 4. The molecule has 1 aromatic rings. The van der Waals surface area contributed by atoms with Crippen LogP contribution in [0.5, 0.6) is 11.5 Å². The molecule has 0 unspecified atom stereocenters. The fourth-order valence-electron chi connectivity index (χ4n) is 0.978. The molecule has 0 aromatic heterocycles. The maximum atomic E-state index is 12.0. The van der Waals surface area contributed by atoms with E-state index in [1.54, 1.807) is 6.92 Å². The Labute approximate surface area is 95.7 Å². The van der Waals surface area contributed by atoms with Gasteiger partial charge in [-0.25, -0.2) is 0 Å². The molecule has 0 atom stereocenters. The second-order valence-corrected chi connectivity index (χ2v) is 3.29. The Morgan fingerprint density at radius 2 is 2.00 bits per heavy atom. The van der Waals surface area contributed by atoms with E-state index in [1.165, 1.54) is 12.1 Å². The van der Waals surface area contributed by atoms with Gasteiger partial charge in [0.05, 0.1) is 11.6 Å². The second-order valence-electron chi connectivity index (χ2n) is 2.50. The van der Waals surface area contributed by atoms with Gasteiger partial charge in [0.1, 0.15) is 10.8 Å². The van der Waals surface area contributed by atoms with E-state index >= 15 is 0 Å².